The molecule has 9 nitrogen and oxygen atoms in total. The maximum atomic E-state index is 13.1. The van der Waals surface area contributed by atoms with E-state index in [1.54, 1.807) is 50.2 Å². The van der Waals surface area contributed by atoms with Crippen molar-refractivity contribution in [1.29, 1.82) is 0 Å². The normalized spacial score (nSPS) is 20.5. The maximum Gasteiger partial charge on any atom is 0.413 e. The molecule has 2 aliphatic heterocycles. The predicted molar refractivity (Wildman–Crippen MR) is 123 cm³/mol. The predicted octanol–water partition coefficient (Wildman–Crippen LogP) is 3.32. The number of fused-ring (bicyclic) bond motifs is 1. The molecule has 3 atom stereocenters. The van der Waals surface area contributed by atoms with Crippen LogP contribution in [0.1, 0.15) is 25.0 Å². The maximum absolute atomic E-state index is 13.1. The molecule has 2 saturated heterocycles. The number of allylic oxidation sites excluding steroid dienone is 1. The average molecular weight is 499 g/mol. The third kappa shape index (κ3) is 4.91. The van der Waals surface area contributed by atoms with Gasteiger partial charge in [0.05, 0.1) is 0 Å². The Kier molecular flexibility index (Phi) is 7.18. The van der Waals surface area contributed by atoms with Crippen LogP contribution in [-0.4, -0.2) is 51.5 Å². The minimum absolute atomic E-state index is 0.00810. The summed E-state index contributed by atoms with van der Waals surface area (Å²) in [6.45, 7) is 3.23. The summed E-state index contributed by atoms with van der Waals surface area (Å²) in [7, 11) is 0. The highest BCUT2D eigenvalue weighted by Crippen LogP contribution is 2.40. The standard InChI is InChI=1S/C25H23ClN2O7/c1-15(2)18(24(31)33-13-16-9-5-3-6-10-16)27-21(30)19-22(27)35-23(20(26)29)28(19)25(32)34-14-17-11-7-4-8-12-17/h3-12,19,22-23H,13-14H2,1-2H3. The van der Waals surface area contributed by atoms with Crippen LogP contribution >= 0.6 is 11.6 Å². The summed E-state index contributed by atoms with van der Waals surface area (Å²) in [5, 5.41) is -0.991. The lowest BCUT2D eigenvalue weighted by Crippen LogP contribution is -2.67. The molecule has 2 aromatic carbocycles. The lowest BCUT2D eigenvalue weighted by Gasteiger charge is -2.43. The van der Waals surface area contributed by atoms with Crippen molar-refractivity contribution in [2.24, 2.45) is 0 Å². The van der Waals surface area contributed by atoms with Gasteiger partial charge in [-0.1, -0.05) is 60.7 Å². The number of carbonyl (C=O) groups is 4. The summed E-state index contributed by atoms with van der Waals surface area (Å²) in [4.78, 5) is 52.8. The number of ether oxygens (including phenoxy) is 3. The highest BCUT2D eigenvalue weighted by molar-refractivity contribution is 6.64. The summed E-state index contributed by atoms with van der Waals surface area (Å²) >= 11 is 5.67. The van der Waals surface area contributed by atoms with Gasteiger partial charge in [0, 0.05) is 0 Å². The van der Waals surface area contributed by atoms with E-state index in [2.05, 4.69) is 0 Å². The Labute approximate surface area is 206 Å². The van der Waals surface area contributed by atoms with Gasteiger partial charge in [-0.15, -0.1) is 0 Å². The monoisotopic (exact) mass is 498 g/mol. The quantitative estimate of drug-likeness (QED) is 0.250. The average Bonchev–Trinajstić information content (AvgIpc) is 3.21. The summed E-state index contributed by atoms with van der Waals surface area (Å²) in [5.74, 6) is -1.34. The summed E-state index contributed by atoms with van der Waals surface area (Å²) < 4.78 is 16.3. The van der Waals surface area contributed by atoms with Gasteiger partial charge in [0.2, 0.25) is 6.23 Å². The Bertz CT molecular complexity index is 1160. The van der Waals surface area contributed by atoms with E-state index in [-0.39, 0.29) is 18.9 Å². The van der Waals surface area contributed by atoms with E-state index in [9.17, 15) is 19.2 Å². The van der Waals surface area contributed by atoms with E-state index in [1.807, 2.05) is 24.3 Å². The SMILES string of the molecule is CC(C)=C(C(=O)OCc1ccccc1)N1C(=O)C2C1OC(C(=O)Cl)N2C(=O)OCc1ccccc1. The molecular formula is C25H23ClN2O7. The Morgan fingerprint density at radius 1 is 0.914 bits per heavy atom. The summed E-state index contributed by atoms with van der Waals surface area (Å²) in [5.41, 5.74) is 1.98. The molecule has 2 amide bonds. The van der Waals surface area contributed by atoms with Gasteiger partial charge in [0.1, 0.15) is 18.9 Å². The van der Waals surface area contributed by atoms with Crippen molar-refractivity contribution in [1.82, 2.24) is 9.80 Å². The van der Waals surface area contributed by atoms with Crippen LogP contribution in [-0.2, 0) is 41.8 Å². The van der Waals surface area contributed by atoms with Crippen LogP contribution in [0.3, 0.4) is 0 Å². The number of amides is 2. The first-order chi connectivity index (χ1) is 16.8. The van der Waals surface area contributed by atoms with Gasteiger partial charge in [-0.2, -0.15) is 0 Å². The number of hydrogen-bond acceptors (Lipinski definition) is 7. The third-order valence-electron chi connectivity index (χ3n) is 5.57. The second kappa shape index (κ2) is 10.3. The Morgan fingerprint density at radius 3 is 1.97 bits per heavy atom. The highest BCUT2D eigenvalue weighted by atomic mass is 35.5. The first-order valence-electron chi connectivity index (χ1n) is 10.8. The zero-order valence-electron chi connectivity index (χ0n) is 19.0. The first-order valence-corrected chi connectivity index (χ1v) is 11.2. The van der Waals surface area contributed by atoms with Crippen molar-refractivity contribution < 1.29 is 33.4 Å². The molecule has 0 N–H and O–H groups in total. The smallest absolute Gasteiger partial charge is 0.413 e. The molecule has 0 saturated carbocycles. The Balaban J connectivity index is 1.49. The van der Waals surface area contributed by atoms with E-state index in [0.717, 1.165) is 20.9 Å². The third-order valence-corrected chi connectivity index (χ3v) is 5.75. The van der Waals surface area contributed by atoms with Crippen LogP contribution in [0, 0.1) is 0 Å². The molecule has 2 aliphatic rings. The summed E-state index contributed by atoms with van der Waals surface area (Å²) in [6.07, 6.45) is -3.56. The molecule has 35 heavy (non-hydrogen) atoms. The van der Waals surface area contributed by atoms with Gasteiger partial charge in [0.25, 0.3) is 11.1 Å². The molecule has 0 bridgehead atoms. The van der Waals surface area contributed by atoms with Gasteiger partial charge in [0.15, 0.2) is 12.3 Å². The van der Waals surface area contributed by atoms with E-state index < -0.39 is 41.7 Å². The molecule has 0 aliphatic carbocycles. The topological polar surface area (TPSA) is 102 Å². The molecule has 10 heteroatoms. The van der Waals surface area contributed by atoms with Crippen LogP contribution in [0.25, 0.3) is 0 Å². The number of likely N-dealkylation sites (tertiary alicyclic amines) is 1. The molecule has 0 spiro atoms. The molecule has 182 valence electrons. The van der Waals surface area contributed by atoms with E-state index >= 15 is 0 Å². The number of halogens is 1. The zero-order valence-corrected chi connectivity index (χ0v) is 19.8. The van der Waals surface area contributed by atoms with E-state index in [4.69, 9.17) is 25.8 Å². The Morgan fingerprint density at radius 2 is 1.46 bits per heavy atom. The number of nitrogens with zero attached hydrogens (tertiary/aromatic N) is 2. The van der Waals surface area contributed by atoms with Gasteiger partial charge in [-0.05, 0) is 42.1 Å². The second-order valence-corrected chi connectivity index (χ2v) is 8.57. The molecular weight excluding hydrogens is 476 g/mol. The minimum atomic E-state index is -1.54. The van der Waals surface area contributed by atoms with Crippen molar-refractivity contribution in [3.8, 4) is 0 Å². The van der Waals surface area contributed by atoms with Crippen molar-refractivity contribution >= 4 is 34.8 Å². The molecule has 0 radical (unpaired) electrons. The fraction of sp³-hybridized carbons (Fsp3) is 0.280. The van der Waals surface area contributed by atoms with Gasteiger partial charge in [-0.25, -0.2) is 9.59 Å². The summed E-state index contributed by atoms with van der Waals surface area (Å²) in [6, 6.07) is 16.8. The number of rotatable bonds is 7. The minimum Gasteiger partial charge on any atom is -0.456 e. The molecule has 2 fully saturated rings. The van der Waals surface area contributed by atoms with Gasteiger partial charge < -0.3 is 14.2 Å². The number of hydrogen-bond donors (Lipinski definition) is 0. The zero-order chi connectivity index (χ0) is 25.1. The van der Waals surface area contributed by atoms with Gasteiger partial charge >= 0.3 is 12.1 Å². The molecule has 4 rings (SSSR count). The molecule has 2 aromatic rings. The lowest BCUT2D eigenvalue weighted by atomic mass is 10.0. The van der Waals surface area contributed by atoms with E-state index in [1.165, 1.54) is 0 Å². The van der Waals surface area contributed by atoms with Crippen LogP contribution in [0.5, 0.6) is 0 Å². The largest absolute Gasteiger partial charge is 0.456 e. The molecule has 2 heterocycles. The number of benzene rings is 2. The van der Waals surface area contributed by atoms with Crippen LogP contribution in [0.15, 0.2) is 71.9 Å². The fourth-order valence-corrected chi connectivity index (χ4v) is 4.08. The Hall–Kier alpha value is -3.69. The second-order valence-electron chi connectivity index (χ2n) is 8.19. The first kappa shape index (κ1) is 24.4. The fourth-order valence-electron chi connectivity index (χ4n) is 3.92. The van der Waals surface area contributed by atoms with E-state index in [0.29, 0.717) is 5.57 Å². The lowest BCUT2D eigenvalue weighted by molar-refractivity contribution is -0.170. The number of carbonyl (C=O) groups excluding carboxylic acids is 4. The van der Waals surface area contributed by atoms with Crippen molar-refractivity contribution in [3.63, 3.8) is 0 Å². The van der Waals surface area contributed by atoms with Gasteiger partial charge in [-0.3, -0.25) is 19.4 Å². The van der Waals surface area contributed by atoms with Crippen molar-refractivity contribution in [3.05, 3.63) is 83.1 Å². The van der Waals surface area contributed by atoms with Crippen LogP contribution < -0.4 is 0 Å². The van der Waals surface area contributed by atoms with Crippen LogP contribution in [0.4, 0.5) is 4.79 Å². The van der Waals surface area contributed by atoms with Crippen molar-refractivity contribution in [2.45, 2.75) is 45.6 Å². The van der Waals surface area contributed by atoms with Crippen LogP contribution in [0.2, 0.25) is 0 Å². The van der Waals surface area contributed by atoms with Crippen molar-refractivity contribution in [2.75, 3.05) is 0 Å². The number of esters is 1. The highest BCUT2D eigenvalue weighted by Gasteiger charge is 2.64. The molecule has 0 aromatic heterocycles. The molecule has 3 unspecified atom stereocenters. The number of β-lactam (4-membered cyclic amide) rings is 1.